The van der Waals surface area contributed by atoms with Gasteiger partial charge in [0.2, 0.25) is 0 Å². The predicted octanol–water partition coefficient (Wildman–Crippen LogP) is 6.78. The predicted molar refractivity (Wildman–Crippen MR) is 108 cm³/mol. The van der Waals surface area contributed by atoms with Crippen LogP contribution in [0, 0.1) is 11.6 Å². The number of carbonyl (C=O) groups excluding carboxylic acids is 1. The lowest BCUT2D eigenvalue weighted by atomic mass is 9.77. The molecule has 2 nitrogen and oxygen atoms in total. The second-order valence-electron chi connectivity index (χ2n) is 7.83. The van der Waals surface area contributed by atoms with Gasteiger partial charge in [-0.2, -0.15) is 35.1 Å². The van der Waals surface area contributed by atoms with Crippen LogP contribution in [0.1, 0.15) is 22.3 Å². The van der Waals surface area contributed by atoms with E-state index in [1.165, 1.54) is 35.6 Å². The highest BCUT2D eigenvalue weighted by molar-refractivity contribution is 5.85. The maximum absolute atomic E-state index is 14.4. The first-order valence-electron chi connectivity index (χ1n) is 10.0. The van der Waals surface area contributed by atoms with E-state index >= 15 is 0 Å². The molecule has 3 aromatic carbocycles. The van der Waals surface area contributed by atoms with Crippen LogP contribution in [0.4, 0.5) is 43.9 Å². The fourth-order valence-electron chi connectivity index (χ4n) is 3.60. The van der Waals surface area contributed by atoms with E-state index in [4.69, 9.17) is 0 Å². The monoisotopic (exact) mass is 523 g/mol. The molecular formula is C24H15F10NO. The lowest BCUT2D eigenvalue weighted by Crippen LogP contribution is -2.58. The van der Waals surface area contributed by atoms with Crippen molar-refractivity contribution in [2.75, 3.05) is 0 Å². The zero-order valence-corrected chi connectivity index (χ0v) is 17.8. The fraction of sp³-hybridized carbons (Fsp3) is 0.208. The summed E-state index contributed by atoms with van der Waals surface area (Å²) in [6.45, 7) is 0. The maximum Gasteiger partial charge on any atom is 0.463 e. The molecule has 0 saturated carbocycles. The van der Waals surface area contributed by atoms with Gasteiger partial charge in [0.15, 0.2) is 0 Å². The molecule has 1 N–H and O–H groups in total. The third-order valence-corrected chi connectivity index (χ3v) is 5.34. The van der Waals surface area contributed by atoms with Crippen molar-refractivity contribution in [3.63, 3.8) is 0 Å². The van der Waals surface area contributed by atoms with Gasteiger partial charge < -0.3 is 5.32 Å². The Labute approximate surface area is 197 Å². The number of rotatable bonds is 6. The van der Waals surface area contributed by atoms with E-state index in [1.54, 1.807) is 0 Å². The van der Waals surface area contributed by atoms with Crippen molar-refractivity contribution in [1.29, 1.82) is 0 Å². The number of nitrogens with one attached hydrogen (secondary N) is 1. The number of carbonyl (C=O) groups is 1. The van der Waals surface area contributed by atoms with Gasteiger partial charge >= 0.3 is 24.2 Å². The molecule has 0 fully saturated rings. The first kappa shape index (κ1) is 27.0. The summed E-state index contributed by atoms with van der Waals surface area (Å²) in [6.07, 6.45) is -12.2. The van der Waals surface area contributed by atoms with E-state index < -0.39 is 58.9 Å². The quantitative estimate of drug-likeness (QED) is 0.355. The summed E-state index contributed by atoms with van der Waals surface area (Å²) in [5, 5.41) is 1.52. The van der Waals surface area contributed by atoms with E-state index in [9.17, 15) is 48.7 Å². The number of hydrogen-bond donors (Lipinski definition) is 1. The minimum absolute atomic E-state index is 0.0909. The molecular weight excluding hydrogens is 508 g/mol. The Morgan fingerprint density at radius 1 is 0.667 bits per heavy atom. The summed E-state index contributed by atoms with van der Waals surface area (Å²) >= 11 is 0. The van der Waals surface area contributed by atoms with Crippen molar-refractivity contribution in [2.24, 2.45) is 0 Å². The van der Waals surface area contributed by atoms with E-state index in [0.29, 0.717) is 12.1 Å². The molecule has 0 heterocycles. The van der Waals surface area contributed by atoms with Crippen LogP contribution in [0.3, 0.4) is 0 Å². The lowest BCUT2D eigenvalue weighted by Gasteiger charge is -2.38. The van der Waals surface area contributed by atoms with Crippen molar-refractivity contribution in [3.05, 3.63) is 107 Å². The van der Waals surface area contributed by atoms with Crippen LogP contribution in [-0.4, -0.2) is 18.0 Å². The Morgan fingerprint density at radius 2 is 1.22 bits per heavy atom. The largest absolute Gasteiger partial charge is 0.463 e. The first-order chi connectivity index (χ1) is 16.6. The van der Waals surface area contributed by atoms with Crippen LogP contribution in [0.25, 0.3) is 0 Å². The average Bonchev–Trinajstić information content (AvgIpc) is 2.78. The van der Waals surface area contributed by atoms with Gasteiger partial charge in [0.05, 0.1) is 11.1 Å². The van der Waals surface area contributed by atoms with E-state index in [1.807, 2.05) is 0 Å². The average molecular weight is 523 g/mol. The zero-order chi connectivity index (χ0) is 26.9. The smallest absolute Gasteiger partial charge is 0.337 e. The van der Waals surface area contributed by atoms with Crippen molar-refractivity contribution in [1.82, 2.24) is 5.32 Å². The van der Waals surface area contributed by atoms with Crippen molar-refractivity contribution in [3.8, 4) is 0 Å². The molecule has 3 aromatic rings. The van der Waals surface area contributed by atoms with E-state index in [0.717, 1.165) is 24.3 Å². The van der Waals surface area contributed by atoms with Crippen molar-refractivity contribution in [2.45, 2.75) is 30.2 Å². The molecule has 0 saturated heterocycles. The summed E-state index contributed by atoms with van der Waals surface area (Å²) in [5.74, 6) is -11.2. The highest BCUT2D eigenvalue weighted by Crippen LogP contribution is 2.41. The summed E-state index contributed by atoms with van der Waals surface area (Å²) in [6, 6.07) is 11.2. The Hall–Kier alpha value is -3.57. The molecule has 0 radical (unpaired) electrons. The van der Waals surface area contributed by atoms with Gasteiger partial charge in [-0.3, -0.25) is 4.79 Å². The third kappa shape index (κ3) is 5.47. The van der Waals surface area contributed by atoms with Crippen LogP contribution in [0.15, 0.2) is 72.8 Å². The van der Waals surface area contributed by atoms with E-state index in [2.05, 4.69) is 0 Å². The lowest BCUT2D eigenvalue weighted by molar-refractivity contribution is -0.270. The van der Waals surface area contributed by atoms with Crippen molar-refractivity contribution >= 4 is 5.91 Å². The molecule has 36 heavy (non-hydrogen) atoms. The van der Waals surface area contributed by atoms with Crippen molar-refractivity contribution < 1.29 is 48.7 Å². The molecule has 0 aliphatic rings. The Kier molecular flexibility index (Phi) is 7.11. The van der Waals surface area contributed by atoms with Gasteiger partial charge in [-0.1, -0.05) is 42.5 Å². The van der Waals surface area contributed by atoms with Crippen LogP contribution >= 0.6 is 0 Å². The highest BCUT2D eigenvalue weighted by atomic mass is 19.4. The SMILES string of the molecule is O=C(N[C@](Cc1ccccc1)(c1ccc(F)cc1)c1cc(F)cc(C(F)(F)F)c1)C(F)(F)C(F)(F)F. The molecule has 0 aromatic heterocycles. The molecule has 0 aliphatic carbocycles. The molecule has 1 amide bonds. The van der Waals surface area contributed by atoms with E-state index in [-0.39, 0.29) is 17.2 Å². The summed E-state index contributed by atoms with van der Waals surface area (Å²) in [7, 11) is 0. The molecule has 1 atom stereocenters. The molecule has 0 spiro atoms. The highest BCUT2D eigenvalue weighted by Gasteiger charge is 2.64. The second kappa shape index (κ2) is 9.47. The van der Waals surface area contributed by atoms with Gasteiger partial charge in [-0.15, -0.1) is 0 Å². The normalized spacial score (nSPS) is 14.3. The minimum atomic E-state index is -6.35. The van der Waals surface area contributed by atoms with Gasteiger partial charge in [0.25, 0.3) is 0 Å². The first-order valence-corrected chi connectivity index (χ1v) is 10.0. The molecule has 0 aliphatic heterocycles. The van der Waals surface area contributed by atoms with Gasteiger partial charge in [0, 0.05) is 6.42 Å². The summed E-state index contributed by atoms with van der Waals surface area (Å²) in [5.41, 5.74) is -5.21. The van der Waals surface area contributed by atoms with Gasteiger partial charge in [-0.25, -0.2) is 8.78 Å². The Morgan fingerprint density at radius 3 is 1.75 bits per heavy atom. The number of halogens is 10. The van der Waals surface area contributed by atoms with Gasteiger partial charge in [-0.05, 0) is 47.0 Å². The topological polar surface area (TPSA) is 29.1 Å². The molecule has 3 rings (SSSR count). The van der Waals surface area contributed by atoms with Crippen LogP contribution in [-0.2, 0) is 22.9 Å². The van der Waals surface area contributed by atoms with Crippen LogP contribution in [0.5, 0.6) is 0 Å². The Bertz CT molecular complexity index is 1220. The fourth-order valence-corrected chi connectivity index (χ4v) is 3.60. The maximum atomic E-state index is 14.4. The molecule has 0 unspecified atom stereocenters. The molecule has 12 heteroatoms. The number of hydrogen-bond acceptors (Lipinski definition) is 1. The molecule has 192 valence electrons. The molecule has 0 bridgehead atoms. The summed E-state index contributed by atoms with van der Waals surface area (Å²) in [4.78, 5) is 12.3. The third-order valence-electron chi connectivity index (χ3n) is 5.34. The Balaban J connectivity index is 2.36. The zero-order valence-electron chi connectivity index (χ0n) is 17.8. The number of amides is 1. The van der Waals surface area contributed by atoms with Crippen LogP contribution in [0.2, 0.25) is 0 Å². The number of alkyl halides is 8. The second-order valence-corrected chi connectivity index (χ2v) is 7.83. The minimum Gasteiger partial charge on any atom is -0.337 e. The standard InChI is InChI=1S/C24H15F10NO/c25-18-8-6-15(7-9-18)21(13-14-4-2-1-3-5-14,35-20(36)22(27,28)24(32,33)34)16-10-17(23(29,30)31)12-19(26)11-16/h1-12H,13H2,(H,35,36)/t21-/m1/s1. The van der Waals surface area contributed by atoms with Crippen LogP contribution < -0.4 is 5.32 Å². The number of benzene rings is 3. The van der Waals surface area contributed by atoms with Gasteiger partial charge in [0.1, 0.15) is 11.6 Å². The summed E-state index contributed by atoms with van der Waals surface area (Å²) < 4.78 is 135.